The average molecular weight is 374 g/mol. The van der Waals surface area contributed by atoms with E-state index in [0.717, 1.165) is 11.4 Å². The van der Waals surface area contributed by atoms with Gasteiger partial charge in [-0.1, -0.05) is 60.2 Å². The molecule has 0 aromatic heterocycles. The monoisotopic (exact) mass is 373 g/mol. The van der Waals surface area contributed by atoms with Crippen LogP contribution in [0.15, 0.2) is 87.6 Å². The highest BCUT2D eigenvalue weighted by atomic mass is 32.2. The van der Waals surface area contributed by atoms with E-state index in [4.69, 9.17) is 4.99 Å². The lowest BCUT2D eigenvalue weighted by Crippen LogP contribution is -2.27. The molecule has 26 heavy (non-hydrogen) atoms. The molecule has 0 saturated carbocycles. The minimum atomic E-state index is 0.388. The van der Waals surface area contributed by atoms with Gasteiger partial charge < -0.3 is 0 Å². The molecule has 2 atom stereocenters. The normalized spacial score (nSPS) is 21.0. The Kier molecular flexibility index (Phi) is 4.14. The Labute approximate surface area is 163 Å². The van der Waals surface area contributed by atoms with Gasteiger partial charge in [0.15, 0.2) is 0 Å². The third-order valence-corrected chi connectivity index (χ3v) is 7.71. The highest BCUT2D eigenvalue weighted by Crippen LogP contribution is 2.51. The lowest BCUT2D eigenvalue weighted by atomic mass is 9.90. The van der Waals surface area contributed by atoms with Crippen molar-refractivity contribution < 1.29 is 0 Å². The van der Waals surface area contributed by atoms with Crippen molar-refractivity contribution in [2.75, 3.05) is 5.75 Å². The second kappa shape index (κ2) is 6.64. The molecular formula is C23H19NS2. The van der Waals surface area contributed by atoms with Gasteiger partial charge in [0.1, 0.15) is 0 Å². The van der Waals surface area contributed by atoms with E-state index >= 15 is 0 Å². The van der Waals surface area contributed by atoms with Crippen LogP contribution < -0.4 is 0 Å². The first kappa shape index (κ1) is 16.2. The van der Waals surface area contributed by atoms with Gasteiger partial charge in [0.25, 0.3) is 0 Å². The molecule has 2 aliphatic rings. The van der Waals surface area contributed by atoms with Gasteiger partial charge in [-0.2, -0.15) is 0 Å². The molecule has 3 aromatic rings. The van der Waals surface area contributed by atoms with Gasteiger partial charge >= 0.3 is 0 Å². The van der Waals surface area contributed by atoms with Crippen molar-refractivity contribution in [1.82, 2.24) is 0 Å². The zero-order valence-electron chi connectivity index (χ0n) is 14.6. The van der Waals surface area contributed by atoms with Gasteiger partial charge in [-0.3, -0.25) is 4.99 Å². The van der Waals surface area contributed by atoms with E-state index in [2.05, 4.69) is 79.7 Å². The summed E-state index contributed by atoms with van der Waals surface area (Å²) in [6.07, 6.45) is 0. The first-order valence-electron chi connectivity index (χ1n) is 8.92. The summed E-state index contributed by atoms with van der Waals surface area (Å²) in [5.41, 5.74) is 6.37. The molecule has 0 aliphatic carbocycles. The highest BCUT2D eigenvalue weighted by molar-refractivity contribution is 8.00. The summed E-state index contributed by atoms with van der Waals surface area (Å²) >= 11 is 3.94. The minimum Gasteiger partial charge on any atom is -0.251 e. The zero-order chi connectivity index (χ0) is 17.5. The van der Waals surface area contributed by atoms with Crippen LogP contribution in [0.5, 0.6) is 0 Å². The molecule has 3 aromatic carbocycles. The lowest BCUT2D eigenvalue weighted by molar-refractivity contribution is 0.755. The molecule has 0 saturated heterocycles. The van der Waals surface area contributed by atoms with Crippen LogP contribution in [0.3, 0.4) is 0 Å². The molecule has 0 radical (unpaired) electrons. The Hall–Kier alpha value is -1.97. The van der Waals surface area contributed by atoms with E-state index in [1.165, 1.54) is 32.2 Å². The number of hydrogen-bond donors (Lipinski definition) is 0. The third-order valence-electron chi connectivity index (χ3n) is 5.06. The summed E-state index contributed by atoms with van der Waals surface area (Å²) in [6.45, 7) is 2.15. The van der Waals surface area contributed by atoms with Gasteiger partial charge in [0, 0.05) is 32.3 Å². The van der Waals surface area contributed by atoms with E-state index in [9.17, 15) is 0 Å². The Morgan fingerprint density at radius 1 is 0.846 bits per heavy atom. The number of aryl methyl sites for hydroxylation is 1. The molecule has 0 N–H and O–H groups in total. The van der Waals surface area contributed by atoms with Crippen molar-refractivity contribution in [3.8, 4) is 0 Å². The number of fused-ring (bicyclic) bond motifs is 4. The van der Waals surface area contributed by atoms with Gasteiger partial charge in [0.2, 0.25) is 0 Å². The summed E-state index contributed by atoms with van der Waals surface area (Å²) in [6, 6.07) is 26.3. The number of nitrogens with zero attached hydrogens (tertiary/aromatic N) is 1. The van der Waals surface area contributed by atoms with Crippen molar-refractivity contribution in [1.29, 1.82) is 0 Å². The summed E-state index contributed by atoms with van der Waals surface area (Å²) in [5.74, 6) is 1.49. The maximum Gasteiger partial charge on any atom is 0.0769 e. The summed E-state index contributed by atoms with van der Waals surface area (Å²) in [5, 5.41) is 0.388. The summed E-state index contributed by atoms with van der Waals surface area (Å²) < 4.78 is 0. The number of para-hydroxylation sites is 1. The molecule has 2 heterocycles. The number of rotatable bonds is 1. The number of aliphatic imine (C=N–C) groups is 1. The molecule has 0 amide bonds. The fourth-order valence-electron chi connectivity index (χ4n) is 3.69. The maximum absolute atomic E-state index is 5.18. The fourth-order valence-corrected chi connectivity index (χ4v) is 6.37. The molecule has 1 nitrogen and oxygen atoms in total. The minimum absolute atomic E-state index is 0.388. The van der Waals surface area contributed by atoms with E-state index in [0.29, 0.717) is 11.2 Å². The summed E-state index contributed by atoms with van der Waals surface area (Å²) in [7, 11) is 0. The molecule has 0 fully saturated rings. The fraction of sp³-hybridized carbons (Fsp3) is 0.174. The molecule has 0 bridgehead atoms. The molecule has 0 unspecified atom stereocenters. The molecule has 0 spiro atoms. The average Bonchev–Trinajstić information content (AvgIpc) is 2.85. The van der Waals surface area contributed by atoms with Crippen LogP contribution in [-0.4, -0.2) is 11.5 Å². The number of benzene rings is 3. The second-order valence-electron chi connectivity index (χ2n) is 6.83. The largest absolute Gasteiger partial charge is 0.251 e. The quantitative estimate of drug-likeness (QED) is 0.471. The molecule has 2 aliphatic heterocycles. The highest BCUT2D eigenvalue weighted by Gasteiger charge is 2.36. The SMILES string of the molecule is Cc1ccc([C@H]2Sc3ccccc3N=C3c4ccccc4SC[C@H]32)cc1. The Morgan fingerprint density at radius 3 is 2.42 bits per heavy atom. The standard InChI is InChI=1S/C23H19NS2/c1-15-10-12-16(13-11-15)23-18-14-25-20-8-4-2-6-17(20)22(18)24-19-7-3-5-9-21(19)26-23/h2-13,18,23H,14H2,1H3/t18-,23-/m1/s1. The first-order valence-corrected chi connectivity index (χ1v) is 10.8. The second-order valence-corrected chi connectivity index (χ2v) is 9.07. The van der Waals surface area contributed by atoms with Crippen LogP contribution in [0.4, 0.5) is 5.69 Å². The smallest absolute Gasteiger partial charge is 0.0769 e. The molecule has 128 valence electrons. The third kappa shape index (κ3) is 2.80. The van der Waals surface area contributed by atoms with E-state index < -0.39 is 0 Å². The van der Waals surface area contributed by atoms with Crippen LogP contribution in [0.25, 0.3) is 0 Å². The van der Waals surface area contributed by atoms with Crippen molar-refractivity contribution in [3.63, 3.8) is 0 Å². The van der Waals surface area contributed by atoms with Crippen molar-refractivity contribution in [3.05, 3.63) is 89.5 Å². The van der Waals surface area contributed by atoms with Gasteiger partial charge in [-0.25, -0.2) is 0 Å². The van der Waals surface area contributed by atoms with Crippen LogP contribution in [0.1, 0.15) is 21.9 Å². The van der Waals surface area contributed by atoms with Gasteiger partial charge in [-0.15, -0.1) is 23.5 Å². The molecular weight excluding hydrogens is 354 g/mol. The molecule has 3 heteroatoms. The van der Waals surface area contributed by atoms with Gasteiger partial charge in [0.05, 0.1) is 11.4 Å². The molecule has 5 rings (SSSR count). The van der Waals surface area contributed by atoms with E-state index in [1.807, 2.05) is 23.5 Å². The van der Waals surface area contributed by atoms with Crippen molar-refractivity contribution in [2.24, 2.45) is 10.9 Å². The van der Waals surface area contributed by atoms with E-state index in [1.54, 1.807) is 0 Å². The van der Waals surface area contributed by atoms with E-state index in [-0.39, 0.29) is 0 Å². The van der Waals surface area contributed by atoms with Crippen LogP contribution in [0.2, 0.25) is 0 Å². The Morgan fingerprint density at radius 2 is 1.58 bits per heavy atom. The predicted molar refractivity (Wildman–Crippen MR) is 113 cm³/mol. The van der Waals surface area contributed by atoms with Crippen molar-refractivity contribution in [2.45, 2.75) is 22.0 Å². The summed E-state index contributed by atoms with van der Waals surface area (Å²) in [4.78, 5) is 7.81. The first-order chi connectivity index (χ1) is 12.8. The zero-order valence-corrected chi connectivity index (χ0v) is 16.2. The van der Waals surface area contributed by atoms with Crippen LogP contribution >= 0.6 is 23.5 Å². The number of hydrogen-bond acceptors (Lipinski definition) is 3. The predicted octanol–water partition coefficient (Wildman–Crippen LogP) is 6.68. The number of thioether (sulfide) groups is 2. The topological polar surface area (TPSA) is 12.4 Å². The Bertz CT molecular complexity index is 991. The Balaban J connectivity index is 1.70. The van der Waals surface area contributed by atoms with Crippen LogP contribution in [-0.2, 0) is 0 Å². The van der Waals surface area contributed by atoms with Crippen molar-refractivity contribution >= 4 is 34.9 Å². The van der Waals surface area contributed by atoms with Gasteiger partial charge in [-0.05, 0) is 30.7 Å². The lowest BCUT2D eigenvalue weighted by Gasteiger charge is -2.31. The van der Waals surface area contributed by atoms with Crippen LogP contribution in [0, 0.1) is 12.8 Å². The maximum atomic E-state index is 5.18.